The summed E-state index contributed by atoms with van der Waals surface area (Å²) in [5.41, 5.74) is 5.40. The number of imide groups is 1. The van der Waals surface area contributed by atoms with E-state index in [1.165, 1.54) is 30.0 Å². The highest BCUT2D eigenvalue weighted by Gasteiger charge is 2.40. The number of para-hydroxylation sites is 1. The molecular formula is C12H13FN2O2S. The number of rotatable bonds is 4. The first-order chi connectivity index (χ1) is 8.65. The Morgan fingerprint density at radius 2 is 2.11 bits per heavy atom. The first-order valence-electron chi connectivity index (χ1n) is 5.58. The highest BCUT2D eigenvalue weighted by atomic mass is 32.2. The van der Waals surface area contributed by atoms with Crippen LogP contribution in [0.25, 0.3) is 0 Å². The van der Waals surface area contributed by atoms with E-state index >= 15 is 0 Å². The minimum atomic E-state index is -0.566. The van der Waals surface area contributed by atoms with E-state index in [-0.39, 0.29) is 23.9 Å². The van der Waals surface area contributed by atoms with Crippen LogP contribution in [0.15, 0.2) is 24.3 Å². The Bertz CT molecular complexity index is 481. The van der Waals surface area contributed by atoms with Gasteiger partial charge >= 0.3 is 0 Å². The summed E-state index contributed by atoms with van der Waals surface area (Å²) in [6.45, 7) is 0.447. The largest absolute Gasteiger partial charge is 0.330 e. The van der Waals surface area contributed by atoms with Gasteiger partial charge in [0, 0.05) is 18.7 Å². The fourth-order valence-electron chi connectivity index (χ4n) is 1.83. The molecule has 96 valence electrons. The van der Waals surface area contributed by atoms with Gasteiger partial charge in [0.25, 0.3) is 0 Å². The van der Waals surface area contributed by atoms with Crippen LogP contribution < -0.4 is 10.6 Å². The molecule has 0 bridgehead atoms. The third-order valence-electron chi connectivity index (χ3n) is 2.64. The van der Waals surface area contributed by atoms with Crippen molar-refractivity contribution in [3.8, 4) is 0 Å². The molecule has 2 amide bonds. The normalized spacial score (nSPS) is 19.7. The van der Waals surface area contributed by atoms with Gasteiger partial charge in [-0.2, -0.15) is 0 Å². The Kier molecular flexibility index (Phi) is 3.98. The number of nitrogens with zero attached hydrogens (tertiary/aromatic N) is 1. The predicted molar refractivity (Wildman–Crippen MR) is 68.8 cm³/mol. The molecule has 6 heteroatoms. The molecule has 1 atom stereocenters. The molecule has 1 aromatic carbocycles. The quantitative estimate of drug-likeness (QED) is 0.832. The van der Waals surface area contributed by atoms with Gasteiger partial charge in [0.2, 0.25) is 11.8 Å². The fourth-order valence-corrected chi connectivity index (χ4v) is 2.76. The van der Waals surface area contributed by atoms with Crippen molar-refractivity contribution in [1.82, 2.24) is 0 Å². The van der Waals surface area contributed by atoms with Crippen LogP contribution in [0.1, 0.15) is 6.42 Å². The number of carbonyl (C=O) groups excluding carboxylic acids is 2. The Labute approximate surface area is 108 Å². The number of halogens is 1. The first kappa shape index (κ1) is 13.0. The smallest absolute Gasteiger partial charge is 0.247 e. The van der Waals surface area contributed by atoms with Crippen molar-refractivity contribution in [2.75, 3.05) is 17.2 Å². The second kappa shape index (κ2) is 5.49. The van der Waals surface area contributed by atoms with Gasteiger partial charge in [-0.25, -0.2) is 9.29 Å². The number of nitrogens with two attached hydrogens (primary N) is 1. The van der Waals surface area contributed by atoms with Gasteiger partial charge in [-0.1, -0.05) is 12.1 Å². The molecular weight excluding hydrogens is 255 g/mol. The molecule has 0 saturated carbocycles. The lowest BCUT2D eigenvalue weighted by atomic mass is 10.3. The van der Waals surface area contributed by atoms with Crippen LogP contribution in [0.4, 0.5) is 10.1 Å². The lowest BCUT2D eigenvalue weighted by molar-refractivity contribution is -0.121. The first-order valence-corrected chi connectivity index (χ1v) is 6.63. The number of carbonyl (C=O) groups is 2. The Balaban J connectivity index is 2.22. The van der Waals surface area contributed by atoms with Gasteiger partial charge in [0.05, 0.1) is 10.9 Å². The zero-order valence-electron chi connectivity index (χ0n) is 9.64. The topological polar surface area (TPSA) is 63.4 Å². The average Bonchev–Trinajstić information content (AvgIpc) is 2.63. The fraction of sp³-hybridized carbons (Fsp3) is 0.333. The summed E-state index contributed by atoms with van der Waals surface area (Å²) in [7, 11) is 0. The molecule has 1 aromatic rings. The molecule has 0 spiro atoms. The van der Waals surface area contributed by atoms with Crippen molar-refractivity contribution >= 4 is 29.3 Å². The van der Waals surface area contributed by atoms with E-state index in [1.54, 1.807) is 6.07 Å². The maximum absolute atomic E-state index is 13.6. The van der Waals surface area contributed by atoms with Gasteiger partial charge in [-0.3, -0.25) is 9.59 Å². The molecule has 0 aromatic heterocycles. The molecule has 1 aliphatic heterocycles. The van der Waals surface area contributed by atoms with Crippen LogP contribution in [-0.2, 0) is 9.59 Å². The van der Waals surface area contributed by atoms with E-state index < -0.39 is 11.1 Å². The number of hydrogen-bond acceptors (Lipinski definition) is 4. The Morgan fingerprint density at radius 1 is 1.39 bits per heavy atom. The predicted octanol–water partition coefficient (Wildman–Crippen LogP) is 1.15. The van der Waals surface area contributed by atoms with E-state index in [1.807, 2.05) is 0 Å². The molecule has 4 nitrogen and oxygen atoms in total. The van der Waals surface area contributed by atoms with E-state index in [0.717, 1.165) is 4.90 Å². The average molecular weight is 268 g/mol. The summed E-state index contributed by atoms with van der Waals surface area (Å²) < 4.78 is 13.6. The van der Waals surface area contributed by atoms with E-state index in [0.29, 0.717) is 12.3 Å². The third kappa shape index (κ3) is 2.39. The molecule has 18 heavy (non-hydrogen) atoms. The zero-order valence-corrected chi connectivity index (χ0v) is 10.5. The standard InChI is InChI=1S/C12H13FN2O2S/c13-8-3-1-2-4-9(8)15-11(16)7-10(12(15)17)18-6-5-14/h1-4,10H,5-7,14H2. The van der Waals surface area contributed by atoms with E-state index in [9.17, 15) is 14.0 Å². The summed E-state index contributed by atoms with van der Waals surface area (Å²) in [6, 6.07) is 5.78. The third-order valence-corrected chi connectivity index (χ3v) is 3.88. The monoisotopic (exact) mass is 268 g/mol. The summed E-state index contributed by atoms with van der Waals surface area (Å²) >= 11 is 1.34. The van der Waals surface area contributed by atoms with Crippen LogP contribution in [0.3, 0.4) is 0 Å². The molecule has 2 N–H and O–H groups in total. The summed E-state index contributed by atoms with van der Waals surface area (Å²) in [4.78, 5) is 24.8. The van der Waals surface area contributed by atoms with Crippen molar-refractivity contribution in [2.24, 2.45) is 5.73 Å². The van der Waals surface area contributed by atoms with Crippen LogP contribution in [0.5, 0.6) is 0 Å². The van der Waals surface area contributed by atoms with Crippen molar-refractivity contribution in [1.29, 1.82) is 0 Å². The SMILES string of the molecule is NCCSC1CC(=O)N(c2ccccc2F)C1=O. The lowest BCUT2D eigenvalue weighted by Crippen LogP contribution is -2.32. The maximum Gasteiger partial charge on any atom is 0.247 e. The van der Waals surface area contributed by atoms with Crippen molar-refractivity contribution in [3.05, 3.63) is 30.1 Å². The molecule has 1 saturated heterocycles. The number of anilines is 1. The second-order valence-corrected chi connectivity index (χ2v) is 5.18. The summed E-state index contributed by atoms with van der Waals surface area (Å²) in [5.74, 6) is -0.679. The maximum atomic E-state index is 13.6. The van der Waals surface area contributed by atoms with Crippen LogP contribution >= 0.6 is 11.8 Å². The van der Waals surface area contributed by atoms with Gasteiger partial charge in [-0.05, 0) is 12.1 Å². The van der Waals surface area contributed by atoms with Gasteiger partial charge in [-0.15, -0.1) is 11.8 Å². The molecule has 0 radical (unpaired) electrons. The molecule has 1 unspecified atom stereocenters. The second-order valence-electron chi connectivity index (χ2n) is 3.87. The molecule has 1 aliphatic rings. The summed E-state index contributed by atoms with van der Waals surface area (Å²) in [5, 5.41) is -0.444. The zero-order chi connectivity index (χ0) is 13.1. The van der Waals surface area contributed by atoms with Crippen LogP contribution in [0.2, 0.25) is 0 Å². The minimum absolute atomic E-state index is 0.0309. The number of benzene rings is 1. The van der Waals surface area contributed by atoms with Gasteiger partial charge in [0.1, 0.15) is 5.82 Å². The highest BCUT2D eigenvalue weighted by Crippen LogP contribution is 2.30. The number of thioether (sulfide) groups is 1. The van der Waals surface area contributed by atoms with E-state index in [4.69, 9.17) is 5.73 Å². The Hall–Kier alpha value is -1.40. The van der Waals surface area contributed by atoms with Crippen molar-refractivity contribution < 1.29 is 14.0 Å². The Morgan fingerprint density at radius 3 is 2.78 bits per heavy atom. The molecule has 2 rings (SSSR count). The highest BCUT2D eigenvalue weighted by molar-refractivity contribution is 8.00. The van der Waals surface area contributed by atoms with Crippen molar-refractivity contribution in [3.63, 3.8) is 0 Å². The number of hydrogen-bond donors (Lipinski definition) is 1. The van der Waals surface area contributed by atoms with Gasteiger partial charge < -0.3 is 5.73 Å². The molecule has 0 aliphatic carbocycles. The molecule has 1 fully saturated rings. The summed E-state index contributed by atoms with van der Waals surface area (Å²) in [6.07, 6.45) is 0.109. The van der Waals surface area contributed by atoms with Crippen LogP contribution in [0, 0.1) is 5.82 Å². The molecule has 1 heterocycles. The van der Waals surface area contributed by atoms with Crippen molar-refractivity contribution in [2.45, 2.75) is 11.7 Å². The van der Waals surface area contributed by atoms with Gasteiger partial charge in [0.15, 0.2) is 0 Å². The van der Waals surface area contributed by atoms with Crippen LogP contribution in [-0.4, -0.2) is 29.4 Å². The minimum Gasteiger partial charge on any atom is -0.330 e. The number of amides is 2. The lowest BCUT2D eigenvalue weighted by Gasteiger charge is -2.15. The van der Waals surface area contributed by atoms with E-state index in [2.05, 4.69) is 0 Å².